The molecule has 5 heteroatoms. The molecule has 90 valence electrons. The molecule has 0 radical (unpaired) electrons. The van der Waals surface area contributed by atoms with Gasteiger partial charge < -0.3 is 4.98 Å². The third kappa shape index (κ3) is 2.00. The van der Waals surface area contributed by atoms with Crippen LogP contribution in [0.4, 0.5) is 8.78 Å². The zero-order valence-electron chi connectivity index (χ0n) is 9.50. The average Bonchev–Trinajstić information content (AvgIpc) is 2.60. The number of hydrogen-bond donors (Lipinski definition) is 1. The van der Waals surface area contributed by atoms with Gasteiger partial charge in [0.2, 0.25) is 0 Å². The maximum Gasteiger partial charge on any atom is 0.330 e. The molecule has 0 aliphatic carbocycles. The summed E-state index contributed by atoms with van der Waals surface area (Å²) in [7, 11) is 0. The number of nitrogens with one attached hydrogen (secondary N) is 1. The molecular formula is C12H12F2N2O. The fraction of sp³-hybridized carbons (Fsp3) is 0.250. The summed E-state index contributed by atoms with van der Waals surface area (Å²) in [5, 5.41) is 0. The Hall–Kier alpha value is -1.91. The zero-order valence-corrected chi connectivity index (χ0v) is 9.50. The van der Waals surface area contributed by atoms with Gasteiger partial charge in [-0.15, -0.1) is 0 Å². The first kappa shape index (κ1) is 11.6. The lowest BCUT2D eigenvalue weighted by Crippen LogP contribution is -2.18. The number of aromatic amines is 1. The Morgan fingerprint density at radius 2 is 2.00 bits per heavy atom. The Labute approximate surface area is 96.7 Å². The van der Waals surface area contributed by atoms with Crippen LogP contribution in [0.2, 0.25) is 0 Å². The number of hydrogen-bond acceptors (Lipinski definition) is 1. The SMILES string of the molecule is CC(C)c1c[nH]c(=O)n1-c1ccc(F)cc1F. The van der Waals surface area contributed by atoms with Crippen molar-refractivity contribution in [3.63, 3.8) is 0 Å². The third-order valence-electron chi connectivity index (χ3n) is 2.55. The number of imidazole rings is 1. The van der Waals surface area contributed by atoms with E-state index in [1.807, 2.05) is 13.8 Å². The van der Waals surface area contributed by atoms with Crippen LogP contribution in [0.5, 0.6) is 0 Å². The number of H-pyrrole nitrogens is 1. The van der Waals surface area contributed by atoms with Crippen molar-refractivity contribution in [3.8, 4) is 5.69 Å². The Morgan fingerprint density at radius 1 is 1.29 bits per heavy atom. The van der Waals surface area contributed by atoms with Gasteiger partial charge in [0.05, 0.1) is 5.69 Å². The molecule has 0 aliphatic rings. The average molecular weight is 238 g/mol. The topological polar surface area (TPSA) is 37.8 Å². The van der Waals surface area contributed by atoms with Crippen molar-refractivity contribution >= 4 is 0 Å². The summed E-state index contributed by atoms with van der Waals surface area (Å²) in [5.41, 5.74) is 0.279. The van der Waals surface area contributed by atoms with Crippen molar-refractivity contribution in [3.05, 3.63) is 52.2 Å². The van der Waals surface area contributed by atoms with Crippen molar-refractivity contribution in [2.24, 2.45) is 0 Å². The molecular weight excluding hydrogens is 226 g/mol. The van der Waals surface area contributed by atoms with E-state index < -0.39 is 17.3 Å². The molecule has 0 aliphatic heterocycles. The standard InChI is InChI=1S/C12H12F2N2O/c1-7(2)11-6-15-12(17)16(11)10-4-3-8(13)5-9(10)14/h3-7H,1-2H3,(H,15,17). The van der Waals surface area contributed by atoms with Crippen molar-refractivity contribution < 1.29 is 8.78 Å². The summed E-state index contributed by atoms with van der Waals surface area (Å²) in [5.74, 6) is -1.37. The predicted molar refractivity (Wildman–Crippen MR) is 60.4 cm³/mol. The van der Waals surface area contributed by atoms with Crippen LogP contribution in [0, 0.1) is 11.6 Å². The minimum Gasteiger partial charge on any atom is -0.312 e. The van der Waals surface area contributed by atoms with E-state index >= 15 is 0 Å². The lowest BCUT2D eigenvalue weighted by atomic mass is 10.1. The molecule has 0 amide bonds. The van der Waals surface area contributed by atoms with Gasteiger partial charge in [-0.3, -0.25) is 4.57 Å². The first-order valence-corrected chi connectivity index (χ1v) is 5.26. The minimum absolute atomic E-state index is 0.0541. The minimum atomic E-state index is -0.756. The monoisotopic (exact) mass is 238 g/mol. The molecule has 0 saturated heterocycles. The molecule has 1 aromatic heterocycles. The largest absolute Gasteiger partial charge is 0.330 e. The predicted octanol–water partition coefficient (Wildman–Crippen LogP) is 2.57. The van der Waals surface area contributed by atoms with Crippen LogP contribution in [0.3, 0.4) is 0 Å². The van der Waals surface area contributed by atoms with Gasteiger partial charge in [0.1, 0.15) is 11.6 Å². The Bertz CT molecular complexity index is 599. The van der Waals surface area contributed by atoms with Crippen molar-refractivity contribution in [1.29, 1.82) is 0 Å². The lowest BCUT2D eigenvalue weighted by Gasteiger charge is -2.10. The first-order valence-electron chi connectivity index (χ1n) is 5.26. The van der Waals surface area contributed by atoms with E-state index in [2.05, 4.69) is 4.98 Å². The summed E-state index contributed by atoms with van der Waals surface area (Å²) >= 11 is 0. The second-order valence-electron chi connectivity index (χ2n) is 4.10. The summed E-state index contributed by atoms with van der Waals surface area (Å²) in [6.45, 7) is 3.78. The van der Waals surface area contributed by atoms with Gasteiger partial charge in [-0.25, -0.2) is 13.6 Å². The molecule has 1 heterocycles. The highest BCUT2D eigenvalue weighted by Gasteiger charge is 2.15. The smallest absolute Gasteiger partial charge is 0.312 e. The highest BCUT2D eigenvalue weighted by atomic mass is 19.1. The van der Waals surface area contributed by atoms with Crippen LogP contribution >= 0.6 is 0 Å². The van der Waals surface area contributed by atoms with Gasteiger partial charge in [-0.05, 0) is 18.1 Å². The molecule has 0 spiro atoms. The molecule has 0 saturated carbocycles. The Balaban J connectivity index is 2.68. The van der Waals surface area contributed by atoms with Crippen LogP contribution in [0.1, 0.15) is 25.5 Å². The van der Waals surface area contributed by atoms with Crippen LogP contribution in [-0.2, 0) is 0 Å². The molecule has 0 bridgehead atoms. The number of benzene rings is 1. The van der Waals surface area contributed by atoms with E-state index in [0.29, 0.717) is 5.69 Å². The second-order valence-corrected chi connectivity index (χ2v) is 4.10. The van der Waals surface area contributed by atoms with Crippen molar-refractivity contribution in [2.75, 3.05) is 0 Å². The van der Waals surface area contributed by atoms with E-state index in [-0.39, 0.29) is 11.6 Å². The highest BCUT2D eigenvalue weighted by Crippen LogP contribution is 2.19. The molecule has 2 aromatic rings. The normalized spacial score (nSPS) is 11.1. The van der Waals surface area contributed by atoms with Gasteiger partial charge in [0, 0.05) is 18.0 Å². The van der Waals surface area contributed by atoms with Crippen molar-refractivity contribution in [1.82, 2.24) is 9.55 Å². The van der Waals surface area contributed by atoms with Crippen LogP contribution in [0.25, 0.3) is 5.69 Å². The molecule has 3 nitrogen and oxygen atoms in total. The highest BCUT2D eigenvalue weighted by molar-refractivity contribution is 5.36. The van der Waals surface area contributed by atoms with Gasteiger partial charge in [0.25, 0.3) is 0 Å². The maximum atomic E-state index is 13.6. The fourth-order valence-corrected chi connectivity index (χ4v) is 1.72. The fourth-order valence-electron chi connectivity index (χ4n) is 1.72. The van der Waals surface area contributed by atoms with Crippen molar-refractivity contribution in [2.45, 2.75) is 19.8 Å². The van der Waals surface area contributed by atoms with E-state index in [0.717, 1.165) is 12.1 Å². The second kappa shape index (κ2) is 4.16. The number of nitrogens with zero attached hydrogens (tertiary/aromatic N) is 1. The number of rotatable bonds is 2. The Morgan fingerprint density at radius 3 is 2.59 bits per heavy atom. The summed E-state index contributed by atoms with van der Waals surface area (Å²) in [4.78, 5) is 14.1. The number of aromatic nitrogens is 2. The van der Waals surface area contributed by atoms with E-state index in [4.69, 9.17) is 0 Å². The van der Waals surface area contributed by atoms with Crippen LogP contribution in [-0.4, -0.2) is 9.55 Å². The van der Waals surface area contributed by atoms with Crippen LogP contribution in [0.15, 0.2) is 29.2 Å². The zero-order chi connectivity index (χ0) is 12.6. The van der Waals surface area contributed by atoms with Gasteiger partial charge in [0.15, 0.2) is 0 Å². The first-order chi connectivity index (χ1) is 8.00. The number of halogens is 2. The van der Waals surface area contributed by atoms with E-state index in [1.165, 1.54) is 16.8 Å². The maximum absolute atomic E-state index is 13.6. The molecule has 17 heavy (non-hydrogen) atoms. The Kier molecular flexibility index (Phi) is 2.83. The summed E-state index contributed by atoms with van der Waals surface area (Å²) < 4.78 is 27.7. The van der Waals surface area contributed by atoms with Gasteiger partial charge in [-0.1, -0.05) is 13.8 Å². The van der Waals surface area contributed by atoms with Gasteiger partial charge in [-0.2, -0.15) is 0 Å². The molecule has 2 rings (SSSR count). The molecule has 0 unspecified atom stereocenters. The van der Waals surface area contributed by atoms with E-state index in [1.54, 1.807) is 0 Å². The summed E-state index contributed by atoms with van der Waals surface area (Å²) in [6.07, 6.45) is 1.54. The third-order valence-corrected chi connectivity index (χ3v) is 2.55. The molecule has 0 fully saturated rings. The quantitative estimate of drug-likeness (QED) is 0.857. The lowest BCUT2D eigenvalue weighted by molar-refractivity contribution is 0.574. The molecule has 1 aromatic carbocycles. The van der Waals surface area contributed by atoms with Gasteiger partial charge >= 0.3 is 5.69 Å². The summed E-state index contributed by atoms with van der Waals surface area (Å²) in [6, 6.07) is 3.15. The van der Waals surface area contributed by atoms with Crippen LogP contribution < -0.4 is 5.69 Å². The molecule has 1 N–H and O–H groups in total. The van der Waals surface area contributed by atoms with E-state index in [9.17, 15) is 13.6 Å². The molecule has 0 atom stereocenters.